The van der Waals surface area contributed by atoms with Gasteiger partial charge in [-0.1, -0.05) is 44.9 Å². The van der Waals surface area contributed by atoms with Crippen LogP contribution in [0.2, 0.25) is 0 Å². The standard InChI is InChI=1S/C15H21NO/c1-11-7-6-10-14(12(11)2)16-15(17)13-8-4-3-5-9-13/h3-5,8-9,11-12,14H,6-7,10H2,1-2H3,(H,16,17)/t11-,12-,14-/m1/s1. The fourth-order valence-electron chi connectivity index (χ4n) is 2.63. The van der Waals surface area contributed by atoms with Crippen molar-refractivity contribution in [3.8, 4) is 0 Å². The molecule has 1 amide bonds. The molecule has 0 aliphatic heterocycles. The summed E-state index contributed by atoms with van der Waals surface area (Å²) in [4.78, 5) is 12.1. The van der Waals surface area contributed by atoms with Crippen LogP contribution < -0.4 is 5.32 Å². The first kappa shape index (κ1) is 12.2. The summed E-state index contributed by atoms with van der Waals surface area (Å²) in [7, 11) is 0. The number of rotatable bonds is 2. The van der Waals surface area contributed by atoms with E-state index in [0.29, 0.717) is 17.9 Å². The second-order valence-corrected chi connectivity index (χ2v) is 5.21. The molecule has 2 nitrogen and oxygen atoms in total. The molecule has 0 spiro atoms. The highest BCUT2D eigenvalue weighted by atomic mass is 16.1. The Balaban J connectivity index is 1.99. The molecule has 2 heteroatoms. The Labute approximate surface area is 103 Å². The van der Waals surface area contributed by atoms with Gasteiger partial charge in [-0.15, -0.1) is 0 Å². The predicted octanol–water partition coefficient (Wildman–Crippen LogP) is 3.24. The molecule has 1 saturated carbocycles. The van der Waals surface area contributed by atoms with E-state index in [0.717, 1.165) is 12.0 Å². The van der Waals surface area contributed by atoms with Crippen molar-refractivity contribution in [3.05, 3.63) is 35.9 Å². The summed E-state index contributed by atoms with van der Waals surface area (Å²) in [5.41, 5.74) is 0.762. The number of carbonyl (C=O) groups excluding carboxylic acids is 1. The largest absolute Gasteiger partial charge is 0.349 e. The Morgan fingerprint density at radius 3 is 2.59 bits per heavy atom. The van der Waals surface area contributed by atoms with Crippen LogP contribution in [0.5, 0.6) is 0 Å². The summed E-state index contributed by atoms with van der Waals surface area (Å²) in [5.74, 6) is 1.36. The molecule has 1 aliphatic rings. The maximum absolute atomic E-state index is 12.1. The lowest BCUT2D eigenvalue weighted by atomic mass is 9.78. The second kappa shape index (κ2) is 5.35. The van der Waals surface area contributed by atoms with Gasteiger partial charge >= 0.3 is 0 Å². The van der Waals surface area contributed by atoms with Gasteiger partial charge in [-0.3, -0.25) is 4.79 Å². The molecule has 1 N–H and O–H groups in total. The molecular weight excluding hydrogens is 210 g/mol. The van der Waals surface area contributed by atoms with E-state index in [2.05, 4.69) is 19.2 Å². The number of amides is 1. The van der Waals surface area contributed by atoms with Gasteiger partial charge in [-0.25, -0.2) is 0 Å². The van der Waals surface area contributed by atoms with Crippen molar-refractivity contribution in [2.45, 2.75) is 39.2 Å². The molecule has 1 aliphatic carbocycles. The quantitative estimate of drug-likeness (QED) is 0.831. The number of carbonyl (C=O) groups is 1. The highest BCUT2D eigenvalue weighted by molar-refractivity contribution is 5.94. The van der Waals surface area contributed by atoms with Crippen molar-refractivity contribution >= 4 is 5.91 Å². The van der Waals surface area contributed by atoms with Gasteiger partial charge < -0.3 is 5.32 Å². The van der Waals surface area contributed by atoms with Crippen LogP contribution in [0.15, 0.2) is 30.3 Å². The first-order valence-corrected chi connectivity index (χ1v) is 6.54. The summed E-state index contributed by atoms with van der Waals surface area (Å²) in [5, 5.41) is 3.18. The minimum Gasteiger partial charge on any atom is -0.349 e. The SMILES string of the molecule is C[C@@H]1[C@H](C)CCC[C@H]1NC(=O)c1ccccc1. The minimum absolute atomic E-state index is 0.0663. The molecule has 1 aromatic rings. The van der Waals surface area contributed by atoms with Crippen molar-refractivity contribution in [1.29, 1.82) is 0 Å². The van der Waals surface area contributed by atoms with Gasteiger partial charge in [0, 0.05) is 11.6 Å². The van der Waals surface area contributed by atoms with Crippen LogP contribution in [-0.2, 0) is 0 Å². The van der Waals surface area contributed by atoms with Crippen LogP contribution >= 0.6 is 0 Å². The zero-order chi connectivity index (χ0) is 12.3. The highest BCUT2D eigenvalue weighted by Crippen LogP contribution is 2.29. The third-order valence-electron chi connectivity index (χ3n) is 4.06. The molecule has 1 aromatic carbocycles. The topological polar surface area (TPSA) is 29.1 Å². The monoisotopic (exact) mass is 231 g/mol. The molecule has 0 aromatic heterocycles. The third kappa shape index (κ3) is 2.87. The molecule has 0 unspecified atom stereocenters. The van der Waals surface area contributed by atoms with E-state index in [4.69, 9.17) is 0 Å². The van der Waals surface area contributed by atoms with Crippen molar-refractivity contribution in [2.75, 3.05) is 0 Å². The van der Waals surface area contributed by atoms with Crippen LogP contribution in [0.1, 0.15) is 43.5 Å². The van der Waals surface area contributed by atoms with Gasteiger partial charge in [0.15, 0.2) is 0 Å². The lowest BCUT2D eigenvalue weighted by molar-refractivity contribution is 0.0891. The van der Waals surface area contributed by atoms with Gasteiger partial charge in [-0.05, 0) is 30.4 Å². The van der Waals surface area contributed by atoms with Gasteiger partial charge in [-0.2, -0.15) is 0 Å². The van der Waals surface area contributed by atoms with Crippen molar-refractivity contribution < 1.29 is 4.79 Å². The van der Waals surface area contributed by atoms with E-state index in [1.807, 2.05) is 30.3 Å². The number of nitrogens with one attached hydrogen (secondary N) is 1. The normalized spacial score (nSPS) is 28.7. The molecule has 0 radical (unpaired) electrons. The van der Waals surface area contributed by atoms with Crippen LogP contribution in [0, 0.1) is 11.8 Å². The van der Waals surface area contributed by atoms with E-state index in [1.54, 1.807) is 0 Å². The van der Waals surface area contributed by atoms with E-state index >= 15 is 0 Å². The van der Waals surface area contributed by atoms with Gasteiger partial charge in [0.1, 0.15) is 0 Å². The average Bonchev–Trinajstić information content (AvgIpc) is 2.36. The smallest absolute Gasteiger partial charge is 0.251 e. The summed E-state index contributed by atoms with van der Waals surface area (Å²) in [6.07, 6.45) is 3.63. The zero-order valence-corrected chi connectivity index (χ0v) is 10.6. The lowest BCUT2D eigenvalue weighted by Gasteiger charge is -2.34. The summed E-state index contributed by atoms with van der Waals surface area (Å²) in [6, 6.07) is 9.82. The molecule has 92 valence electrons. The molecule has 3 atom stereocenters. The van der Waals surface area contributed by atoms with E-state index < -0.39 is 0 Å². The first-order valence-electron chi connectivity index (χ1n) is 6.54. The Hall–Kier alpha value is -1.31. The molecule has 0 saturated heterocycles. The van der Waals surface area contributed by atoms with E-state index in [-0.39, 0.29) is 5.91 Å². The van der Waals surface area contributed by atoms with Crippen LogP contribution in [0.4, 0.5) is 0 Å². The molecule has 0 bridgehead atoms. The number of hydrogen-bond donors (Lipinski definition) is 1. The maximum atomic E-state index is 12.1. The minimum atomic E-state index is 0.0663. The lowest BCUT2D eigenvalue weighted by Crippen LogP contribution is -2.43. The first-order chi connectivity index (χ1) is 8.18. The van der Waals surface area contributed by atoms with Crippen LogP contribution in [-0.4, -0.2) is 11.9 Å². The Morgan fingerprint density at radius 1 is 1.18 bits per heavy atom. The Bertz CT molecular complexity index is 374. The molecule has 2 rings (SSSR count). The Morgan fingerprint density at radius 2 is 1.88 bits per heavy atom. The summed E-state index contributed by atoms with van der Waals surface area (Å²) >= 11 is 0. The van der Waals surface area contributed by atoms with Crippen molar-refractivity contribution in [1.82, 2.24) is 5.32 Å². The van der Waals surface area contributed by atoms with Crippen molar-refractivity contribution in [3.63, 3.8) is 0 Å². The van der Waals surface area contributed by atoms with Gasteiger partial charge in [0.05, 0.1) is 0 Å². The van der Waals surface area contributed by atoms with Gasteiger partial charge in [0.2, 0.25) is 0 Å². The number of hydrogen-bond acceptors (Lipinski definition) is 1. The fourth-order valence-corrected chi connectivity index (χ4v) is 2.63. The van der Waals surface area contributed by atoms with Crippen LogP contribution in [0.3, 0.4) is 0 Å². The molecule has 17 heavy (non-hydrogen) atoms. The van der Waals surface area contributed by atoms with Gasteiger partial charge in [0.25, 0.3) is 5.91 Å². The van der Waals surface area contributed by atoms with E-state index in [1.165, 1.54) is 12.8 Å². The Kier molecular flexibility index (Phi) is 3.82. The summed E-state index contributed by atoms with van der Waals surface area (Å²) in [6.45, 7) is 4.53. The average molecular weight is 231 g/mol. The molecule has 0 heterocycles. The fraction of sp³-hybridized carbons (Fsp3) is 0.533. The third-order valence-corrected chi connectivity index (χ3v) is 4.06. The van der Waals surface area contributed by atoms with Crippen molar-refractivity contribution in [2.24, 2.45) is 11.8 Å². The second-order valence-electron chi connectivity index (χ2n) is 5.21. The van der Waals surface area contributed by atoms with E-state index in [9.17, 15) is 4.79 Å². The molecule has 1 fully saturated rings. The maximum Gasteiger partial charge on any atom is 0.251 e. The highest BCUT2D eigenvalue weighted by Gasteiger charge is 2.28. The van der Waals surface area contributed by atoms with Crippen LogP contribution in [0.25, 0.3) is 0 Å². The zero-order valence-electron chi connectivity index (χ0n) is 10.6. The molecular formula is C15H21NO. The number of benzene rings is 1. The predicted molar refractivity (Wildman–Crippen MR) is 69.9 cm³/mol. The summed E-state index contributed by atoms with van der Waals surface area (Å²) < 4.78 is 0.